The second-order valence-corrected chi connectivity index (χ2v) is 5.11. The molecule has 1 atom stereocenters. The molecular formula is C13H24N4O3. The van der Waals surface area contributed by atoms with Crippen LogP contribution in [0.3, 0.4) is 0 Å². The summed E-state index contributed by atoms with van der Waals surface area (Å²) in [7, 11) is 3.24. The van der Waals surface area contributed by atoms with Gasteiger partial charge in [-0.15, -0.1) is 0 Å². The number of ether oxygens (including phenoxy) is 1. The number of nitrogens with zero attached hydrogens (tertiary/aromatic N) is 2. The van der Waals surface area contributed by atoms with Crippen LogP contribution in [0.5, 0.6) is 0 Å². The standard InChI is InChI=1S/C13H24N4O3/c1-5-9-10(14)11(17(3)16-9)12(18)15-8-13(2,19)6-7-20-4/h19H,5-8,14H2,1-4H3,(H,15,18). The van der Waals surface area contributed by atoms with Crippen LogP contribution in [0.4, 0.5) is 5.69 Å². The fourth-order valence-electron chi connectivity index (χ4n) is 1.89. The predicted molar refractivity (Wildman–Crippen MR) is 76.4 cm³/mol. The Morgan fingerprint density at radius 1 is 1.60 bits per heavy atom. The van der Waals surface area contributed by atoms with Gasteiger partial charge < -0.3 is 20.9 Å². The van der Waals surface area contributed by atoms with Crippen molar-refractivity contribution in [2.24, 2.45) is 7.05 Å². The van der Waals surface area contributed by atoms with E-state index in [4.69, 9.17) is 10.5 Å². The van der Waals surface area contributed by atoms with E-state index in [1.165, 1.54) is 4.68 Å². The van der Waals surface area contributed by atoms with Crippen molar-refractivity contribution in [1.82, 2.24) is 15.1 Å². The number of nitrogen functional groups attached to an aromatic ring is 1. The fourth-order valence-corrected chi connectivity index (χ4v) is 1.89. The summed E-state index contributed by atoms with van der Waals surface area (Å²) in [6, 6.07) is 0. The molecule has 20 heavy (non-hydrogen) atoms. The number of amides is 1. The SMILES string of the molecule is CCc1nn(C)c(C(=O)NCC(C)(O)CCOC)c1N. The molecule has 0 radical (unpaired) electrons. The van der Waals surface area contributed by atoms with Crippen molar-refractivity contribution < 1.29 is 14.6 Å². The molecule has 0 saturated carbocycles. The molecule has 7 nitrogen and oxygen atoms in total. The van der Waals surface area contributed by atoms with Gasteiger partial charge in [-0.1, -0.05) is 6.92 Å². The van der Waals surface area contributed by atoms with Gasteiger partial charge in [0.25, 0.3) is 5.91 Å². The summed E-state index contributed by atoms with van der Waals surface area (Å²) in [5, 5.41) is 17.0. The lowest BCUT2D eigenvalue weighted by Gasteiger charge is -2.23. The number of aliphatic hydroxyl groups is 1. The van der Waals surface area contributed by atoms with Gasteiger partial charge in [-0.25, -0.2) is 0 Å². The van der Waals surface area contributed by atoms with Gasteiger partial charge in [-0.2, -0.15) is 5.10 Å². The van der Waals surface area contributed by atoms with Crippen LogP contribution in [-0.4, -0.2) is 46.7 Å². The Kier molecular flexibility index (Phi) is 5.52. The number of rotatable bonds is 7. The molecule has 7 heteroatoms. The summed E-state index contributed by atoms with van der Waals surface area (Å²) in [6.07, 6.45) is 1.10. The first-order valence-corrected chi connectivity index (χ1v) is 6.63. The summed E-state index contributed by atoms with van der Waals surface area (Å²) < 4.78 is 6.38. The lowest BCUT2D eigenvalue weighted by molar-refractivity contribution is 0.0242. The van der Waals surface area contributed by atoms with E-state index < -0.39 is 5.60 Å². The Bertz CT molecular complexity index is 468. The second-order valence-electron chi connectivity index (χ2n) is 5.11. The molecule has 0 aromatic carbocycles. The van der Waals surface area contributed by atoms with Gasteiger partial charge in [0.15, 0.2) is 0 Å². The fraction of sp³-hybridized carbons (Fsp3) is 0.692. The third kappa shape index (κ3) is 3.94. The number of hydrogen-bond donors (Lipinski definition) is 3. The van der Waals surface area contributed by atoms with Crippen molar-refractivity contribution >= 4 is 11.6 Å². The van der Waals surface area contributed by atoms with E-state index in [9.17, 15) is 9.90 Å². The third-order valence-electron chi connectivity index (χ3n) is 3.18. The van der Waals surface area contributed by atoms with E-state index in [2.05, 4.69) is 10.4 Å². The number of carbonyl (C=O) groups excluding carboxylic acids is 1. The Morgan fingerprint density at radius 3 is 2.75 bits per heavy atom. The molecule has 1 amide bonds. The average Bonchev–Trinajstić information content (AvgIpc) is 2.68. The summed E-state index contributed by atoms with van der Waals surface area (Å²) >= 11 is 0. The molecule has 1 aromatic heterocycles. The van der Waals surface area contributed by atoms with Crippen LogP contribution >= 0.6 is 0 Å². The van der Waals surface area contributed by atoms with Crippen molar-refractivity contribution in [2.45, 2.75) is 32.3 Å². The normalized spacial score (nSPS) is 14.1. The van der Waals surface area contributed by atoms with Crippen LogP contribution in [0.25, 0.3) is 0 Å². The highest BCUT2D eigenvalue weighted by Gasteiger charge is 2.24. The first-order chi connectivity index (χ1) is 9.32. The zero-order chi connectivity index (χ0) is 15.3. The van der Waals surface area contributed by atoms with Gasteiger partial charge in [0.1, 0.15) is 5.69 Å². The number of carbonyl (C=O) groups is 1. The Hall–Kier alpha value is -1.60. The van der Waals surface area contributed by atoms with Crippen molar-refractivity contribution in [2.75, 3.05) is 26.0 Å². The first-order valence-electron chi connectivity index (χ1n) is 6.63. The van der Waals surface area contributed by atoms with Gasteiger partial charge in [0, 0.05) is 33.7 Å². The maximum Gasteiger partial charge on any atom is 0.271 e. The molecule has 0 saturated heterocycles. The maximum atomic E-state index is 12.1. The van der Waals surface area contributed by atoms with Gasteiger partial charge in [0.2, 0.25) is 0 Å². The lowest BCUT2D eigenvalue weighted by Crippen LogP contribution is -2.42. The van der Waals surface area contributed by atoms with E-state index in [0.717, 1.165) is 0 Å². The molecule has 1 aromatic rings. The second kappa shape index (κ2) is 6.71. The van der Waals surface area contributed by atoms with Crippen molar-refractivity contribution in [3.05, 3.63) is 11.4 Å². The van der Waals surface area contributed by atoms with Crippen molar-refractivity contribution in [3.8, 4) is 0 Å². The van der Waals surface area contributed by atoms with Crippen LogP contribution < -0.4 is 11.1 Å². The topological polar surface area (TPSA) is 102 Å². The average molecular weight is 284 g/mol. The highest BCUT2D eigenvalue weighted by molar-refractivity contribution is 5.98. The molecule has 1 unspecified atom stereocenters. The zero-order valence-electron chi connectivity index (χ0n) is 12.6. The molecule has 0 fully saturated rings. The number of methoxy groups -OCH3 is 1. The number of hydrogen-bond acceptors (Lipinski definition) is 5. The number of aromatic nitrogens is 2. The molecule has 0 spiro atoms. The number of aryl methyl sites for hydroxylation is 2. The molecule has 0 aliphatic carbocycles. The lowest BCUT2D eigenvalue weighted by atomic mass is 10.0. The molecule has 0 bridgehead atoms. The van der Waals surface area contributed by atoms with Crippen LogP contribution in [0.2, 0.25) is 0 Å². The summed E-state index contributed by atoms with van der Waals surface area (Å²) in [6.45, 7) is 4.13. The maximum absolute atomic E-state index is 12.1. The minimum absolute atomic E-state index is 0.126. The Balaban J connectivity index is 2.70. The van der Waals surface area contributed by atoms with Crippen LogP contribution in [0.15, 0.2) is 0 Å². The molecule has 4 N–H and O–H groups in total. The van der Waals surface area contributed by atoms with Crippen molar-refractivity contribution in [3.63, 3.8) is 0 Å². The van der Waals surface area contributed by atoms with Crippen molar-refractivity contribution in [1.29, 1.82) is 0 Å². The van der Waals surface area contributed by atoms with E-state index in [1.54, 1.807) is 21.1 Å². The zero-order valence-corrected chi connectivity index (χ0v) is 12.6. The molecule has 1 heterocycles. The molecule has 114 valence electrons. The minimum atomic E-state index is -1.02. The largest absolute Gasteiger partial charge is 0.395 e. The van der Waals surface area contributed by atoms with Gasteiger partial charge >= 0.3 is 0 Å². The van der Waals surface area contributed by atoms with Gasteiger partial charge in [0.05, 0.1) is 17.0 Å². The quantitative estimate of drug-likeness (QED) is 0.658. The smallest absolute Gasteiger partial charge is 0.271 e. The molecule has 0 aliphatic rings. The molecular weight excluding hydrogens is 260 g/mol. The third-order valence-corrected chi connectivity index (χ3v) is 3.18. The minimum Gasteiger partial charge on any atom is -0.395 e. The monoisotopic (exact) mass is 284 g/mol. The Labute approximate surface area is 119 Å². The van der Waals surface area contributed by atoms with Crippen LogP contribution in [-0.2, 0) is 18.2 Å². The van der Waals surface area contributed by atoms with E-state index in [1.807, 2.05) is 6.92 Å². The van der Waals surface area contributed by atoms with Gasteiger partial charge in [-0.05, 0) is 13.3 Å². The predicted octanol–water partition coefficient (Wildman–Crippen LogP) is 0.0820. The number of nitrogens with one attached hydrogen (secondary N) is 1. The van der Waals surface area contributed by atoms with Crippen LogP contribution in [0.1, 0.15) is 36.5 Å². The summed E-state index contributed by atoms with van der Waals surface area (Å²) in [5.74, 6) is -0.338. The highest BCUT2D eigenvalue weighted by Crippen LogP contribution is 2.17. The number of anilines is 1. The Morgan fingerprint density at radius 2 is 2.25 bits per heavy atom. The highest BCUT2D eigenvalue weighted by atomic mass is 16.5. The summed E-state index contributed by atoms with van der Waals surface area (Å²) in [5.41, 5.74) is 6.30. The van der Waals surface area contributed by atoms with Crippen LogP contribution in [0, 0.1) is 0 Å². The van der Waals surface area contributed by atoms with Gasteiger partial charge in [-0.3, -0.25) is 9.48 Å². The number of nitrogens with two attached hydrogens (primary N) is 1. The van der Waals surface area contributed by atoms with E-state index in [-0.39, 0.29) is 12.5 Å². The van der Waals surface area contributed by atoms with E-state index in [0.29, 0.717) is 36.5 Å². The molecule has 0 aliphatic heterocycles. The van der Waals surface area contributed by atoms with E-state index >= 15 is 0 Å². The molecule has 1 rings (SSSR count). The summed E-state index contributed by atoms with van der Waals surface area (Å²) in [4.78, 5) is 12.1. The first kappa shape index (κ1) is 16.5.